The lowest BCUT2D eigenvalue weighted by atomic mass is 10.1. The maximum Gasteiger partial charge on any atom is 0.0707 e. The van der Waals surface area contributed by atoms with Crippen molar-refractivity contribution >= 4 is 0 Å². The van der Waals surface area contributed by atoms with Gasteiger partial charge in [-0.1, -0.05) is 13.0 Å². The normalized spacial score (nSPS) is 24.1. The molecule has 0 bridgehead atoms. The molecule has 0 radical (unpaired) electrons. The van der Waals surface area contributed by atoms with Crippen LogP contribution in [0.2, 0.25) is 0 Å². The van der Waals surface area contributed by atoms with Gasteiger partial charge in [-0.05, 0) is 39.7 Å². The van der Waals surface area contributed by atoms with Crippen molar-refractivity contribution < 1.29 is 4.74 Å². The third-order valence-electron chi connectivity index (χ3n) is 3.53. The molecule has 1 fully saturated rings. The van der Waals surface area contributed by atoms with E-state index in [-0.39, 0.29) is 0 Å². The minimum absolute atomic E-state index is 0.403. The molecule has 0 aromatic carbocycles. The van der Waals surface area contributed by atoms with Gasteiger partial charge in [0.1, 0.15) is 0 Å². The van der Waals surface area contributed by atoms with Crippen molar-refractivity contribution in [2.45, 2.75) is 58.3 Å². The molecule has 0 aliphatic carbocycles. The fourth-order valence-electron chi connectivity index (χ4n) is 2.43. The van der Waals surface area contributed by atoms with Gasteiger partial charge in [-0.25, -0.2) is 0 Å². The summed E-state index contributed by atoms with van der Waals surface area (Å²) in [6.45, 7) is 14.6. The van der Waals surface area contributed by atoms with Crippen molar-refractivity contribution in [1.29, 1.82) is 0 Å². The molecule has 2 atom stereocenters. The first kappa shape index (κ1) is 15.7. The number of ether oxygens (including phenoxy) is 1. The lowest BCUT2D eigenvalue weighted by Crippen LogP contribution is -2.38. The van der Waals surface area contributed by atoms with Crippen molar-refractivity contribution in [3.8, 4) is 0 Å². The second-order valence-corrected chi connectivity index (χ2v) is 5.50. The Labute approximate surface area is 113 Å². The molecule has 3 nitrogen and oxygen atoms in total. The fraction of sp³-hybridized carbons (Fsp3) is 0.867. The first-order valence-electron chi connectivity index (χ1n) is 7.38. The highest BCUT2D eigenvalue weighted by atomic mass is 16.5. The van der Waals surface area contributed by atoms with Crippen LogP contribution in [0.5, 0.6) is 0 Å². The molecule has 1 N–H and O–H groups in total. The summed E-state index contributed by atoms with van der Waals surface area (Å²) < 4.78 is 6.10. The molecule has 1 aliphatic rings. The molecule has 0 amide bonds. The highest BCUT2D eigenvalue weighted by Gasteiger charge is 2.26. The third-order valence-corrected chi connectivity index (χ3v) is 3.53. The molecule has 0 saturated carbocycles. The number of rotatable bonds is 9. The Bertz CT molecular complexity index is 231. The Morgan fingerprint density at radius 2 is 2.11 bits per heavy atom. The van der Waals surface area contributed by atoms with Crippen molar-refractivity contribution in [2.75, 3.05) is 26.2 Å². The summed E-state index contributed by atoms with van der Waals surface area (Å²) >= 11 is 0. The molecule has 0 aromatic rings. The molecule has 18 heavy (non-hydrogen) atoms. The molecule has 0 aromatic heterocycles. The van der Waals surface area contributed by atoms with Crippen LogP contribution in [0.1, 0.15) is 40.0 Å². The molecule has 1 aliphatic heterocycles. The van der Waals surface area contributed by atoms with Crippen LogP contribution in [-0.2, 0) is 4.74 Å². The maximum atomic E-state index is 6.10. The summed E-state index contributed by atoms with van der Waals surface area (Å²) in [7, 11) is 0. The summed E-state index contributed by atoms with van der Waals surface area (Å²) in [5.41, 5.74) is 0. The van der Waals surface area contributed by atoms with Gasteiger partial charge in [0.2, 0.25) is 0 Å². The van der Waals surface area contributed by atoms with Crippen LogP contribution < -0.4 is 5.32 Å². The zero-order valence-corrected chi connectivity index (χ0v) is 12.3. The lowest BCUT2D eigenvalue weighted by Gasteiger charge is -2.28. The summed E-state index contributed by atoms with van der Waals surface area (Å²) in [5, 5.41) is 3.44. The molecule has 2 unspecified atom stereocenters. The van der Waals surface area contributed by atoms with Crippen molar-refractivity contribution in [1.82, 2.24) is 10.2 Å². The van der Waals surface area contributed by atoms with Crippen LogP contribution in [0.25, 0.3) is 0 Å². The zero-order valence-electron chi connectivity index (χ0n) is 12.3. The molecule has 106 valence electrons. The van der Waals surface area contributed by atoms with E-state index in [9.17, 15) is 0 Å². The summed E-state index contributed by atoms with van der Waals surface area (Å²) in [6.07, 6.45) is 6.38. The first-order valence-corrected chi connectivity index (χ1v) is 7.38. The van der Waals surface area contributed by atoms with E-state index in [1.54, 1.807) is 0 Å². The second-order valence-electron chi connectivity index (χ2n) is 5.50. The highest BCUT2D eigenvalue weighted by molar-refractivity contribution is 4.82. The smallest absolute Gasteiger partial charge is 0.0707 e. The van der Waals surface area contributed by atoms with Gasteiger partial charge in [0.05, 0.1) is 12.2 Å². The summed E-state index contributed by atoms with van der Waals surface area (Å²) in [6, 6.07) is 0.559. The van der Waals surface area contributed by atoms with Crippen LogP contribution in [0, 0.1) is 0 Å². The number of hydrogen-bond donors (Lipinski definition) is 1. The monoisotopic (exact) mass is 254 g/mol. The SMILES string of the molecule is C=CCN(CC1CCC(CNCCC)O1)C(C)C. The topological polar surface area (TPSA) is 24.5 Å². The maximum absolute atomic E-state index is 6.10. The Morgan fingerprint density at radius 1 is 1.39 bits per heavy atom. The van der Waals surface area contributed by atoms with Gasteiger partial charge in [0.25, 0.3) is 0 Å². The van der Waals surface area contributed by atoms with Gasteiger partial charge in [0, 0.05) is 25.7 Å². The second kappa shape index (κ2) is 8.68. The van der Waals surface area contributed by atoms with Crippen LogP contribution in [0.15, 0.2) is 12.7 Å². The van der Waals surface area contributed by atoms with E-state index >= 15 is 0 Å². The van der Waals surface area contributed by atoms with Crippen LogP contribution in [0.4, 0.5) is 0 Å². The minimum Gasteiger partial charge on any atom is -0.372 e. The predicted molar refractivity (Wildman–Crippen MR) is 78.0 cm³/mol. The van der Waals surface area contributed by atoms with Crippen molar-refractivity contribution in [3.63, 3.8) is 0 Å². The molecule has 3 heteroatoms. The van der Waals surface area contributed by atoms with Gasteiger partial charge >= 0.3 is 0 Å². The van der Waals surface area contributed by atoms with E-state index in [4.69, 9.17) is 4.74 Å². The van der Waals surface area contributed by atoms with E-state index in [1.165, 1.54) is 19.3 Å². The molecular weight excluding hydrogens is 224 g/mol. The molecule has 1 saturated heterocycles. The Balaban J connectivity index is 2.25. The molecule has 0 spiro atoms. The van der Waals surface area contributed by atoms with Crippen molar-refractivity contribution in [3.05, 3.63) is 12.7 Å². The van der Waals surface area contributed by atoms with Crippen LogP contribution in [0.3, 0.4) is 0 Å². The third kappa shape index (κ3) is 5.51. The number of hydrogen-bond acceptors (Lipinski definition) is 3. The Hall–Kier alpha value is -0.380. The largest absolute Gasteiger partial charge is 0.372 e. The van der Waals surface area contributed by atoms with Crippen LogP contribution >= 0.6 is 0 Å². The fourth-order valence-corrected chi connectivity index (χ4v) is 2.43. The van der Waals surface area contributed by atoms with Gasteiger partial charge in [-0.2, -0.15) is 0 Å². The average Bonchev–Trinajstić information content (AvgIpc) is 2.76. The van der Waals surface area contributed by atoms with Gasteiger partial charge in [-0.15, -0.1) is 6.58 Å². The molecule has 1 heterocycles. The van der Waals surface area contributed by atoms with Gasteiger partial charge in [0.15, 0.2) is 0 Å². The summed E-state index contributed by atoms with van der Waals surface area (Å²) in [5.74, 6) is 0. The van der Waals surface area contributed by atoms with Crippen molar-refractivity contribution in [2.24, 2.45) is 0 Å². The minimum atomic E-state index is 0.403. The average molecular weight is 254 g/mol. The van der Waals surface area contributed by atoms with E-state index in [0.29, 0.717) is 18.2 Å². The van der Waals surface area contributed by atoms with E-state index in [1.807, 2.05) is 6.08 Å². The first-order chi connectivity index (χ1) is 8.67. The number of nitrogens with one attached hydrogen (secondary N) is 1. The quantitative estimate of drug-likeness (QED) is 0.505. The molecular formula is C15H30N2O. The Kier molecular flexibility index (Phi) is 7.56. The number of nitrogens with zero attached hydrogens (tertiary/aromatic N) is 1. The van der Waals surface area contributed by atoms with Crippen LogP contribution in [-0.4, -0.2) is 49.3 Å². The van der Waals surface area contributed by atoms with E-state index in [2.05, 4.69) is 37.6 Å². The Morgan fingerprint density at radius 3 is 2.72 bits per heavy atom. The standard InChI is InChI=1S/C15H30N2O/c1-5-9-16-11-14-7-8-15(18-14)12-17(10-6-2)13(3)4/h6,13-16H,2,5,7-12H2,1,3-4H3. The van der Waals surface area contributed by atoms with Gasteiger partial charge < -0.3 is 10.1 Å². The molecule has 1 rings (SSSR count). The zero-order chi connectivity index (χ0) is 13.4. The van der Waals surface area contributed by atoms with E-state index < -0.39 is 0 Å². The summed E-state index contributed by atoms with van der Waals surface area (Å²) in [4.78, 5) is 2.43. The highest BCUT2D eigenvalue weighted by Crippen LogP contribution is 2.20. The predicted octanol–water partition coefficient (Wildman–Crippen LogP) is 2.43. The van der Waals surface area contributed by atoms with Gasteiger partial charge in [-0.3, -0.25) is 4.90 Å². The van der Waals surface area contributed by atoms with E-state index in [0.717, 1.165) is 26.2 Å². The lowest BCUT2D eigenvalue weighted by molar-refractivity contribution is 0.0200.